The highest BCUT2D eigenvalue weighted by molar-refractivity contribution is 6.39. The van der Waals surface area contributed by atoms with Crippen molar-refractivity contribution in [3.63, 3.8) is 0 Å². The SMILES string of the molecule is CC(c1nc(-c2ccccc2)no1)N1CCN(C(=O)C2=NOC(c3ccccc3)C2)CC1. The summed E-state index contributed by atoms with van der Waals surface area (Å²) >= 11 is 0. The molecule has 1 fully saturated rings. The Morgan fingerprint density at radius 2 is 1.69 bits per heavy atom. The summed E-state index contributed by atoms with van der Waals surface area (Å²) in [5, 5.41) is 8.20. The number of piperazine rings is 1. The van der Waals surface area contributed by atoms with Crippen LogP contribution in [0.5, 0.6) is 0 Å². The number of oxime groups is 1. The molecule has 2 atom stereocenters. The van der Waals surface area contributed by atoms with Crippen LogP contribution in [0, 0.1) is 0 Å². The van der Waals surface area contributed by atoms with Crippen molar-refractivity contribution in [2.24, 2.45) is 5.16 Å². The number of aromatic nitrogens is 2. The lowest BCUT2D eigenvalue weighted by molar-refractivity contribution is -0.126. The molecule has 0 N–H and O–H groups in total. The van der Waals surface area contributed by atoms with Gasteiger partial charge in [0.15, 0.2) is 6.10 Å². The Bertz CT molecular complexity index is 1090. The van der Waals surface area contributed by atoms with Crippen molar-refractivity contribution in [3.8, 4) is 11.4 Å². The molecule has 2 aliphatic rings. The van der Waals surface area contributed by atoms with Gasteiger partial charge in [-0.05, 0) is 12.5 Å². The molecule has 3 aromatic rings. The molecule has 0 aliphatic carbocycles. The van der Waals surface area contributed by atoms with Crippen LogP contribution in [0.15, 0.2) is 70.3 Å². The van der Waals surface area contributed by atoms with E-state index in [1.54, 1.807) is 0 Å². The Morgan fingerprint density at radius 1 is 1.00 bits per heavy atom. The molecule has 0 spiro atoms. The zero-order chi connectivity index (χ0) is 21.9. The third-order valence-electron chi connectivity index (χ3n) is 6.07. The fourth-order valence-electron chi connectivity index (χ4n) is 4.11. The van der Waals surface area contributed by atoms with E-state index in [2.05, 4.69) is 27.1 Å². The first-order chi connectivity index (χ1) is 15.7. The highest BCUT2D eigenvalue weighted by atomic mass is 16.6. The van der Waals surface area contributed by atoms with Gasteiger partial charge in [-0.1, -0.05) is 71.0 Å². The number of benzene rings is 2. The number of hydrogen-bond donors (Lipinski definition) is 0. The zero-order valence-corrected chi connectivity index (χ0v) is 17.9. The van der Waals surface area contributed by atoms with Crippen molar-refractivity contribution < 1.29 is 14.2 Å². The van der Waals surface area contributed by atoms with Crippen LogP contribution in [0.25, 0.3) is 11.4 Å². The molecule has 8 heteroatoms. The van der Waals surface area contributed by atoms with Gasteiger partial charge in [-0.15, -0.1) is 0 Å². The number of hydrogen-bond acceptors (Lipinski definition) is 7. The molecule has 8 nitrogen and oxygen atoms in total. The van der Waals surface area contributed by atoms with Crippen LogP contribution < -0.4 is 0 Å². The highest BCUT2D eigenvalue weighted by Gasteiger charge is 2.33. The minimum atomic E-state index is -0.187. The number of carbonyl (C=O) groups is 1. The van der Waals surface area contributed by atoms with Crippen LogP contribution in [0.2, 0.25) is 0 Å². The molecular formula is C24H25N5O3. The van der Waals surface area contributed by atoms with E-state index in [0.29, 0.717) is 36.9 Å². The van der Waals surface area contributed by atoms with Gasteiger partial charge in [0, 0.05) is 38.2 Å². The zero-order valence-electron chi connectivity index (χ0n) is 17.9. The fourth-order valence-corrected chi connectivity index (χ4v) is 4.11. The van der Waals surface area contributed by atoms with Gasteiger partial charge in [0.1, 0.15) is 5.71 Å². The van der Waals surface area contributed by atoms with Gasteiger partial charge < -0.3 is 14.3 Å². The van der Waals surface area contributed by atoms with Crippen LogP contribution in [-0.4, -0.2) is 57.7 Å². The Kier molecular flexibility index (Phi) is 5.68. The molecule has 2 aliphatic heterocycles. The minimum Gasteiger partial charge on any atom is -0.387 e. The normalized spacial score (nSPS) is 20.0. The summed E-state index contributed by atoms with van der Waals surface area (Å²) in [4.78, 5) is 27.1. The molecule has 164 valence electrons. The van der Waals surface area contributed by atoms with Gasteiger partial charge in [-0.2, -0.15) is 4.98 Å². The number of amides is 1. The van der Waals surface area contributed by atoms with E-state index >= 15 is 0 Å². The minimum absolute atomic E-state index is 0.0215. The molecule has 3 heterocycles. The lowest BCUT2D eigenvalue weighted by atomic mass is 10.0. The number of carbonyl (C=O) groups excluding carboxylic acids is 1. The summed E-state index contributed by atoms with van der Waals surface area (Å²) < 4.78 is 5.52. The standard InChI is InChI=1S/C24H25N5O3/c1-17(23-25-22(27-32-23)19-10-6-3-7-11-19)28-12-14-29(15-13-28)24(30)20-16-21(31-26-20)18-8-4-2-5-9-18/h2-11,17,21H,12-16H2,1H3. The van der Waals surface area contributed by atoms with Crippen LogP contribution >= 0.6 is 0 Å². The van der Waals surface area contributed by atoms with Crippen molar-refractivity contribution in [2.75, 3.05) is 26.2 Å². The van der Waals surface area contributed by atoms with Crippen molar-refractivity contribution in [1.29, 1.82) is 0 Å². The van der Waals surface area contributed by atoms with E-state index in [1.165, 1.54) is 0 Å². The van der Waals surface area contributed by atoms with Gasteiger partial charge >= 0.3 is 0 Å². The third kappa shape index (κ3) is 4.13. The van der Waals surface area contributed by atoms with Gasteiger partial charge in [-0.25, -0.2) is 0 Å². The van der Waals surface area contributed by atoms with Crippen LogP contribution in [0.4, 0.5) is 0 Å². The first-order valence-electron chi connectivity index (χ1n) is 10.9. The summed E-state index contributed by atoms with van der Waals surface area (Å²) in [7, 11) is 0. The highest BCUT2D eigenvalue weighted by Crippen LogP contribution is 2.28. The summed E-state index contributed by atoms with van der Waals surface area (Å²) in [5.41, 5.74) is 2.45. The Hall–Kier alpha value is -3.52. The van der Waals surface area contributed by atoms with Crippen molar-refractivity contribution in [2.45, 2.75) is 25.5 Å². The topological polar surface area (TPSA) is 84.1 Å². The first-order valence-corrected chi connectivity index (χ1v) is 10.9. The van der Waals surface area contributed by atoms with E-state index in [4.69, 9.17) is 9.36 Å². The maximum atomic E-state index is 12.9. The Balaban J connectivity index is 1.16. The van der Waals surface area contributed by atoms with Crippen molar-refractivity contribution >= 4 is 11.6 Å². The molecule has 2 aromatic carbocycles. The molecule has 0 radical (unpaired) electrons. The van der Waals surface area contributed by atoms with Crippen LogP contribution in [0.3, 0.4) is 0 Å². The smallest absolute Gasteiger partial charge is 0.271 e. The molecule has 1 amide bonds. The molecule has 2 unspecified atom stereocenters. The largest absolute Gasteiger partial charge is 0.387 e. The molecule has 0 bridgehead atoms. The van der Waals surface area contributed by atoms with Gasteiger partial charge in [0.25, 0.3) is 5.91 Å². The molecule has 5 rings (SSSR count). The molecule has 1 saturated heterocycles. The van der Waals surface area contributed by atoms with Crippen LogP contribution in [-0.2, 0) is 9.63 Å². The second-order valence-electron chi connectivity index (χ2n) is 8.07. The van der Waals surface area contributed by atoms with Crippen molar-refractivity contribution in [3.05, 3.63) is 72.1 Å². The third-order valence-corrected chi connectivity index (χ3v) is 6.07. The summed E-state index contributed by atoms with van der Waals surface area (Å²) in [6.45, 7) is 4.76. The average Bonchev–Trinajstić information content (AvgIpc) is 3.55. The van der Waals surface area contributed by atoms with Gasteiger partial charge in [0.05, 0.1) is 6.04 Å². The number of rotatable bonds is 5. The monoisotopic (exact) mass is 431 g/mol. The average molecular weight is 431 g/mol. The predicted octanol–water partition coefficient (Wildman–Crippen LogP) is 3.46. The van der Waals surface area contributed by atoms with Crippen LogP contribution in [0.1, 0.15) is 36.9 Å². The Morgan fingerprint density at radius 3 is 2.41 bits per heavy atom. The van der Waals surface area contributed by atoms with Crippen molar-refractivity contribution in [1.82, 2.24) is 19.9 Å². The summed E-state index contributed by atoms with van der Waals surface area (Å²) in [6.07, 6.45) is 0.316. The van der Waals surface area contributed by atoms with Gasteiger partial charge in [-0.3, -0.25) is 9.69 Å². The van der Waals surface area contributed by atoms with E-state index in [0.717, 1.165) is 24.2 Å². The lowest BCUT2D eigenvalue weighted by Gasteiger charge is -2.36. The second-order valence-corrected chi connectivity index (χ2v) is 8.07. The van der Waals surface area contributed by atoms with E-state index in [9.17, 15) is 4.79 Å². The maximum Gasteiger partial charge on any atom is 0.271 e. The molecule has 0 saturated carbocycles. The quantitative estimate of drug-likeness (QED) is 0.615. The Labute approximate surface area is 186 Å². The predicted molar refractivity (Wildman–Crippen MR) is 119 cm³/mol. The van der Waals surface area contributed by atoms with E-state index in [1.807, 2.05) is 65.6 Å². The fraction of sp³-hybridized carbons (Fsp3) is 0.333. The number of nitrogens with zero attached hydrogens (tertiary/aromatic N) is 5. The molecule has 32 heavy (non-hydrogen) atoms. The summed E-state index contributed by atoms with van der Waals surface area (Å²) in [5.74, 6) is 1.14. The lowest BCUT2D eigenvalue weighted by Crippen LogP contribution is -2.50. The first kappa shape index (κ1) is 20.4. The van der Waals surface area contributed by atoms with E-state index in [-0.39, 0.29) is 18.1 Å². The second kappa shape index (κ2) is 8.92. The molecular weight excluding hydrogens is 406 g/mol. The van der Waals surface area contributed by atoms with Gasteiger partial charge in [0.2, 0.25) is 11.7 Å². The van der Waals surface area contributed by atoms with E-state index < -0.39 is 0 Å². The molecule has 1 aromatic heterocycles. The maximum absolute atomic E-state index is 12.9. The summed E-state index contributed by atoms with van der Waals surface area (Å²) in [6, 6.07) is 19.6.